The molecule has 1 N–H and O–H groups in total. The van der Waals surface area contributed by atoms with Crippen LogP contribution in [0.15, 0.2) is 42.6 Å². The van der Waals surface area contributed by atoms with Gasteiger partial charge in [0, 0.05) is 56.0 Å². The molecule has 13 nitrogen and oxygen atoms in total. The number of pyridine rings is 1. The Morgan fingerprint density at radius 2 is 1.68 bits per heavy atom. The van der Waals surface area contributed by atoms with E-state index in [-0.39, 0.29) is 89.5 Å². The molecule has 0 spiro atoms. The minimum atomic E-state index is -0.803. The molecular formula is C49H53ClF3N7O6. The highest BCUT2D eigenvalue weighted by Gasteiger charge is 2.44. The number of hydrogen-bond acceptors (Lipinski definition) is 9. The van der Waals surface area contributed by atoms with Crippen LogP contribution >= 0.6 is 11.6 Å². The lowest BCUT2D eigenvalue weighted by molar-refractivity contribution is -0.137. The van der Waals surface area contributed by atoms with Crippen LogP contribution in [0.25, 0.3) is 22.0 Å². The van der Waals surface area contributed by atoms with Crippen molar-refractivity contribution in [1.82, 2.24) is 25.0 Å². The van der Waals surface area contributed by atoms with Crippen molar-refractivity contribution in [2.45, 2.75) is 95.7 Å². The molecule has 0 bridgehead atoms. The summed E-state index contributed by atoms with van der Waals surface area (Å²) in [6, 6.07) is 7.32. The lowest BCUT2D eigenvalue weighted by Crippen LogP contribution is -2.63. The molecule has 5 aliphatic rings. The SMILES string of the molecule is CCC(=O)N1CCN2c3c(cnc4c(F)c(-c5c(F)cccc5OCCCCCCCN5CCC(c6cc(F)cc7c6CN(C6CCC(=O)NC6=O)C7=O)CC5)c(Cl)cc34)N(C)C(=O)C2C1. The Balaban J connectivity index is 0.771. The van der Waals surface area contributed by atoms with Gasteiger partial charge in [-0.2, -0.15) is 0 Å². The van der Waals surface area contributed by atoms with Crippen LogP contribution < -0.4 is 19.9 Å². The molecule has 0 aliphatic carbocycles. The number of unbranched alkanes of at least 4 members (excludes halogenated alkanes) is 4. The van der Waals surface area contributed by atoms with Crippen LogP contribution in [-0.2, 0) is 25.7 Å². The number of nitrogens with one attached hydrogen (secondary N) is 1. The average Bonchev–Trinajstić information content (AvgIpc) is 3.63. The van der Waals surface area contributed by atoms with Crippen LogP contribution in [0.2, 0.25) is 5.02 Å². The van der Waals surface area contributed by atoms with E-state index in [0.29, 0.717) is 48.3 Å². The quantitative estimate of drug-likeness (QED) is 0.108. The average molecular weight is 928 g/mol. The summed E-state index contributed by atoms with van der Waals surface area (Å²) in [5, 5.41) is 2.67. The molecule has 17 heteroatoms. The van der Waals surface area contributed by atoms with Crippen LogP contribution in [-0.4, -0.2) is 114 Å². The predicted octanol–water partition coefficient (Wildman–Crippen LogP) is 7.35. The van der Waals surface area contributed by atoms with E-state index >= 15 is 8.78 Å². The number of aromatic nitrogens is 1. The number of hydrogen-bond donors (Lipinski definition) is 1. The van der Waals surface area contributed by atoms with E-state index in [1.165, 1.54) is 34.2 Å². The van der Waals surface area contributed by atoms with Crippen molar-refractivity contribution in [3.05, 3.63) is 81.8 Å². The summed E-state index contributed by atoms with van der Waals surface area (Å²) < 4.78 is 53.4. The molecule has 5 aliphatic heterocycles. The van der Waals surface area contributed by atoms with Crippen LogP contribution in [0.5, 0.6) is 5.75 Å². The number of fused-ring (bicyclic) bond motifs is 6. The van der Waals surface area contributed by atoms with Crippen molar-refractivity contribution < 1.29 is 41.9 Å². The molecule has 2 atom stereocenters. The van der Waals surface area contributed by atoms with Gasteiger partial charge >= 0.3 is 0 Å². The molecule has 5 amide bonds. The third-order valence-electron chi connectivity index (χ3n) is 14.1. The summed E-state index contributed by atoms with van der Waals surface area (Å²) in [5.41, 5.74) is 2.74. The molecule has 2 unspecified atom stereocenters. The largest absolute Gasteiger partial charge is 0.493 e. The predicted molar refractivity (Wildman–Crippen MR) is 243 cm³/mol. The van der Waals surface area contributed by atoms with Gasteiger partial charge in [-0.25, -0.2) is 13.2 Å². The molecule has 3 aromatic carbocycles. The second-order valence-electron chi connectivity index (χ2n) is 18.0. The Morgan fingerprint density at radius 3 is 2.45 bits per heavy atom. The lowest BCUT2D eigenvalue weighted by Gasteiger charge is -2.47. The zero-order chi connectivity index (χ0) is 46.4. The number of likely N-dealkylation sites (tertiary alicyclic amines) is 1. The van der Waals surface area contributed by atoms with Crippen molar-refractivity contribution in [1.29, 1.82) is 0 Å². The zero-order valence-corrected chi connectivity index (χ0v) is 37.9. The Hall–Kier alpha value is -5.74. The van der Waals surface area contributed by atoms with Gasteiger partial charge in [-0.15, -0.1) is 0 Å². The number of rotatable bonds is 13. The highest BCUT2D eigenvalue weighted by atomic mass is 35.5. The van der Waals surface area contributed by atoms with Crippen molar-refractivity contribution in [2.75, 3.05) is 62.7 Å². The number of piperazine rings is 1. The van der Waals surface area contributed by atoms with Gasteiger partial charge in [0.05, 0.1) is 41.3 Å². The molecule has 348 valence electrons. The van der Waals surface area contributed by atoms with E-state index in [2.05, 4.69) is 15.2 Å². The molecule has 66 heavy (non-hydrogen) atoms. The number of likely N-dealkylation sites (N-methyl/N-ethyl adjacent to an activating group) is 1. The molecule has 1 aromatic heterocycles. The number of anilines is 2. The summed E-state index contributed by atoms with van der Waals surface area (Å²) in [6.45, 7) is 5.90. The van der Waals surface area contributed by atoms with Gasteiger partial charge < -0.3 is 29.2 Å². The van der Waals surface area contributed by atoms with Crippen molar-refractivity contribution >= 4 is 63.4 Å². The van der Waals surface area contributed by atoms with Gasteiger partial charge in [0.2, 0.25) is 17.7 Å². The molecule has 9 rings (SSSR count). The fourth-order valence-electron chi connectivity index (χ4n) is 10.6. The minimum Gasteiger partial charge on any atom is -0.493 e. The topological polar surface area (TPSA) is 136 Å². The standard InChI is InChI=1S/C49H53ClF3N7O6/c1-3-41(62)58-19-20-59-38(27-58)49(65)56(2)37-25-54-45-32(46(37)59)24-34(50)42(44(45)53)43-35(52)10-9-11-39(43)66-21-8-6-4-5-7-16-57-17-14-28(15-18-57)30-22-29(51)23-31-33(30)26-60(48(31)64)36-12-13-40(61)55-47(36)63/h9-11,22-25,28,36,38H,3-8,12-21,26-27H2,1-2H3,(H,55,61,63). The number of halogens is 4. The molecule has 0 saturated carbocycles. The number of ether oxygens (including phenoxy) is 1. The van der Waals surface area contributed by atoms with Gasteiger partial charge in [-0.1, -0.05) is 43.9 Å². The van der Waals surface area contributed by atoms with E-state index < -0.39 is 35.4 Å². The number of amides is 5. The van der Waals surface area contributed by atoms with Gasteiger partial charge in [0.15, 0.2) is 5.82 Å². The third kappa shape index (κ3) is 8.46. The third-order valence-corrected chi connectivity index (χ3v) is 14.4. The maximum atomic E-state index is 16.7. The fraction of sp³-hybridized carbons (Fsp3) is 0.469. The normalized spacial score (nSPS) is 20.2. The van der Waals surface area contributed by atoms with E-state index in [4.69, 9.17) is 16.3 Å². The van der Waals surface area contributed by atoms with Gasteiger partial charge in [0.1, 0.15) is 35.0 Å². The molecule has 3 fully saturated rings. The summed E-state index contributed by atoms with van der Waals surface area (Å²) in [5.74, 6) is -3.14. The summed E-state index contributed by atoms with van der Waals surface area (Å²) in [4.78, 5) is 77.0. The Labute approximate surface area is 386 Å². The van der Waals surface area contributed by atoms with E-state index in [1.807, 2.05) is 4.90 Å². The Kier molecular flexibility index (Phi) is 13.0. The summed E-state index contributed by atoms with van der Waals surface area (Å²) in [6.07, 6.45) is 8.41. The Morgan fingerprint density at radius 1 is 0.909 bits per heavy atom. The van der Waals surface area contributed by atoms with Crippen LogP contribution in [0.4, 0.5) is 24.5 Å². The van der Waals surface area contributed by atoms with E-state index in [0.717, 1.165) is 69.3 Å². The van der Waals surface area contributed by atoms with Crippen molar-refractivity contribution in [3.8, 4) is 16.9 Å². The second kappa shape index (κ2) is 18.9. The highest BCUT2D eigenvalue weighted by molar-refractivity contribution is 6.35. The van der Waals surface area contributed by atoms with Crippen molar-refractivity contribution in [3.63, 3.8) is 0 Å². The highest BCUT2D eigenvalue weighted by Crippen LogP contribution is 2.47. The number of benzene rings is 3. The van der Waals surface area contributed by atoms with Gasteiger partial charge in [-0.3, -0.25) is 34.3 Å². The maximum Gasteiger partial charge on any atom is 0.255 e. The van der Waals surface area contributed by atoms with E-state index in [1.54, 1.807) is 37.1 Å². The number of imide groups is 1. The Bertz CT molecular complexity index is 2620. The first-order chi connectivity index (χ1) is 31.8. The summed E-state index contributed by atoms with van der Waals surface area (Å²) >= 11 is 6.85. The smallest absolute Gasteiger partial charge is 0.255 e. The molecule has 3 saturated heterocycles. The maximum absolute atomic E-state index is 16.7. The van der Waals surface area contributed by atoms with E-state index in [9.17, 15) is 28.4 Å². The number of carbonyl (C=O) groups excluding carboxylic acids is 5. The van der Waals surface area contributed by atoms with Crippen LogP contribution in [0, 0.1) is 17.5 Å². The molecule has 0 radical (unpaired) electrons. The monoisotopic (exact) mass is 927 g/mol. The minimum absolute atomic E-state index is 0.0205. The number of carbonyl (C=O) groups is 5. The van der Waals surface area contributed by atoms with Gasteiger partial charge in [0.25, 0.3) is 11.8 Å². The number of nitrogens with zero attached hydrogens (tertiary/aromatic N) is 6. The van der Waals surface area contributed by atoms with Crippen LogP contribution in [0.1, 0.15) is 98.5 Å². The van der Waals surface area contributed by atoms with Crippen LogP contribution in [0.3, 0.4) is 0 Å². The summed E-state index contributed by atoms with van der Waals surface area (Å²) in [7, 11) is 1.63. The molecule has 4 aromatic rings. The zero-order valence-electron chi connectivity index (χ0n) is 37.1. The molecule has 6 heterocycles. The van der Waals surface area contributed by atoms with Crippen molar-refractivity contribution in [2.24, 2.45) is 0 Å². The first-order valence-corrected chi connectivity index (χ1v) is 23.5. The second-order valence-corrected chi connectivity index (χ2v) is 18.4. The number of piperidine rings is 2. The van der Waals surface area contributed by atoms with Gasteiger partial charge in [-0.05, 0) is 99.1 Å². The lowest BCUT2D eigenvalue weighted by atomic mass is 9.85. The first-order valence-electron chi connectivity index (χ1n) is 23.1. The first kappa shape index (κ1) is 45.4. The molecular weight excluding hydrogens is 875 g/mol. The fourth-order valence-corrected chi connectivity index (χ4v) is 10.9.